The first-order valence-corrected chi connectivity index (χ1v) is 8.83. The maximum atomic E-state index is 6.09. The molecule has 21 heavy (non-hydrogen) atoms. The van der Waals surface area contributed by atoms with Crippen LogP contribution >= 0.6 is 55.1 Å². The Morgan fingerprint density at radius 1 is 1.05 bits per heavy atom. The van der Waals surface area contributed by atoms with Gasteiger partial charge in [-0.25, -0.2) is 0 Å². The molecule has 1 unspecified atom stereocenters. The fraction of sp³-hybridized carbons (Fsp3) is 0.250. The van der Waals surface area contributed by atoms with E-state index in [0.717, 1.165) is 20.9 Å². The van der Waals surface area contributed by atoms with Crippen molar-refractivity contribution in [2.24, 2.45) is 0 Å². The second-order valence-electron chi connectivity index (χ2n) is 4.92. The van der Waals surface area contributed by atoms with Crippen molar-refractivity contribution in [3.8, 4) is 0 Å². The van der Waals surface area contributed by atoms with E-state index in [4.69, 9.17) is 23.2 Å². The summed E-state index contributed by atoms with van der Waals surface area (Å²) in [6, 6.07) is 10.2. The molecular formula is C16H15Br2Cl2N. The maximum absolute atomic E-state index is 6.09. The average molecular weight is 452 g/mol. The number of hydrogen-bond donors (Lipinski definition) is 1. The van der Waals surface area contributed by atoms with E-state index in [1.807, 2.05) is 25.2 Å². The number of aryl methyl sites for hydroxylation is 1. The van der Waals surface area contributed by atoms with Crippen LogP contribution < -0.4 is 5.32 Å². The smallest absolute Gasteiger partial charge is 0.0595 e. The van der Waals surface area contributed by atoms with E-state index in [-0.39, 0.29) is 6.04 Å². The average Bonchev–Trinajstić information content (AvgIpc) is 2.44. The van der Waals surface area contributed by atoms with Crippen LogP contribution in [0.4, 0.5) is 0 Å². The van der Waals surface area contributed by atoms with Crippen LogP contribution in [-0.4, -0.2) is 7.05 Å². The zero-order valence-corrected chi connectivity index (χ0v) is 16.4. The van der Waals surface area contributed by atoms with E-state index < -0.39 is 0 Å². The van der Waals surface area contributed by atoms with Gasteiger partial charge in [-0.3, -0.25) is 0 Å². The molecule has 0 aromatic heterocycles. The number of halogens is 4. The minimum Gasteiger partial charge on any atom is -0.313 e. The van der Waals surface area contributed by atoms with Gasteiger partial charge in [-0.15, -0.1) is 0 Å². The lowest BCUT2D eigenvalue weighted by Crippen LogP contribution is -2.19. The third-order valence-corrected chi connectivity index (χ3v) is 5.71. The molecule has 112 valence electrons. The molecule has 1 nitrogen and oxygen atoms in total. The van der Waals surface area contributed by atoms with Crippen LogP contribution in [0.5, 0.6) is 0 Å². The third kappa shape index (κ3) is 4.23. The first-order chi connectivity index (χ1) is 9.92. The fourth-order valence-electron chi connectivity index (χ4n) is 2.20. The highest BCUT2D eigenvalue weighted by molar-refractivity contribution is 9.11. The number of rotatable bonds is 4. The van der Waals surface area contributed by atoms with Gasteiger partial charge in [0.25, 0.3) is 0 Å². The van der Waals surface area contributed by atoms with Gasteiger partial charge in [-0.2, -0.15) is 0 Å². The molecule has 0 saturated heterocycles. The lowest BCUT2D eigenvalue weighted by atomic mass is 9.98. The summed E-state index contributed by atoms with van der Waals surface area (Å²) in [4.78, 5) is 0. The normalized spacial score (nSPS) is 12.5. The van der Waals surface area contributed by atoms with Gasteiger partial charge in [0.1, 0.15) is 0 Å². The monoisotopic (exact) mass is 449 g/mol. The van der Waals surface area contributed by atoms with Crippen molar-refractivity contribution in [3.05, 3.63) is 66.0 Å². The second kappa shape index (κ2) is 7.47. The Morgan fingerprint density at radius 3 is 2.38 bits per heavy atom. The molecule has 0 aliphatic carbocycles. The molecule has 1 atom stereocenters. The Labute approximate surface area is 152 Å². The fourth-order valence-corrected chi connectivity index (χ4v) is 3.61. The van der Waals surface area contributed by atoms with Crippen LogP contribution in [0.15, 0.2) is 39.3 Å². The molecule has 0 bridgehead atoms. The lowest BCUT2D eigenvalue weighted by Gasteiger charge is -2.20. The largest absolute Gasteiger partial charge is 0.313 e. The molecule has 0 heterocycles. The summed E-state index contributed by atoms with van der Waals surface area (Å²) in [6.45, 7) is 2.08. The van der Waals surface area contributed by atoms with Gasteiger partial charge in [-0.05, 0) is 61.3 Å². The number of likely N-dealkylation sites (N-methyl/N-ethyl adjacent to an activating group) is 1. The van der Waals surface area contributed by atoms with Crippen molar-refractivity contribution >= 4 is 55.1 Å². The molecule has 0 saturated carbocycles. The molecular weight excluding hydrogens is 437 g/mol. The Hall–Kier alpha value is -0.0600. The highest BCUT2D eigenvalue weighted by atomic mass is 79.9. The molecule has 5 heteroatoms. The SMILES string of the molecule is CNC(Cc1ccc(Cl)c(Cl)c1)c1cc(Br)c(C)cc1Br. The van der Waals surface area contributed by atoms with E-state index in [1.54, 1.807) is 0 Å². The van der Waals surface area contributed by atoms with Gasteiger partial charge in [0, 0.05) is 15.0 Å². The summed E-state index contributed by atoms with van der Waals surface area (Å²) < 4.78 is 2.21. The van der Waals surface area contributed by atoms with Crippen LogP contribution in [0.1, 0.15) is 22.7 Å². The quantitative estimate of drug-likeness (QED) is 0.572. The minimum absolute atomic E-state index is 0.188. The van der Waals surface area contributed by atoms with Gasteiger partial charge < -0.3 is 5.32 Å². The lowest BCUT2D eigenvalue weighted by molar-refractivity contribution is 0.589. The first kappa shape index (κ1) is 17.3. The molecule has 0 aliphatic rings. The minimum atomic E-state index is 0.188. The molecule has 0 spiro atoms. The van der Waals surface area contributed by atoms with Crippen LogP contribution in [0, 0.1) is 6.92 Å². The second-order valence-corrected chi connectivity index (χ2v) is 7.44. The van der Waals surface area contributed by atoms with E-state index in [1.165, 1.54) is 11.1 Å². The Morgan fingerprint density at radius 2 is 1.76 bits per heavy atom. The van der Waals surface area contributed by atoms with Gasteiger partial charge in [0.2, 0.25) is 0 Å². The van der Waals surface area contributed by atoms with Gasteiger partial charge >= 0.3 is 0 Å². The maximum Gasteiger partial charge on any atom is 0.0595 e. The summed E-state index contributed by atoms with van der Waals surface area (Å²) in [6.07, 6.45) is 0.835. The first-order valence-electron chi connectivity index (χ1n) is 6.49. The van der Waals surface area contributed by atoms with Crippen molar-refractivity contribution in [2.75, 3.05) is 7.05 Å². The number of benzene rings is 2. The van der Waals surface area contributed by atoms with Crippen LogP contribution in [-0.2, 0) is 6.42 Å². The molecule has 2 aromatic rings. The summed E-state index contributed by atoms with van der Waals surface area (Å²) in [5, 5.41) is 4.54. The molecule has 2 rings (SSSR count). The highest BCUT2D eigenvalue weighted by Gasteiger charge is 2.15. The molecule has 0 radical (unpaired) electrons. The van der Waals surface area contributed by atoms with E-state index in [9.17, 15) is 0 Å². The molecule has 0 aliphatic heterocycles. The standard InChI is InChI=1S/C16H15Br2Cl2N/c1-9-5-13(18)11(8-12(9)17)16(21-2)7-10-3-4-14(19)15(20)6-10/h3-6,8,16,21H,7H2,1-2H3. The van der Waals surface area contributed by atoms with Crippen molar-refractivity contribution in [2.45, 2.75) is 19.4 Å². The number of hydrogen-bond acceptors (Lipinski definition) is 1. The van der Waals surface area contributed by atoms with Crippen molar-refractivity contribution in [1.82, 2.24) is 5.32 Å². The van der Waals surface area contributed by atoms with Crippen molar-refractivity contribution < 1.29 is 0 Å². The topological polar surface area (TPSA) is 12.0 Å². The zero-order valence-electron chi connectivity index (χ0n) is 11.7. The molecule has 2 aromatic carbocycles. The summed E-state index contributed by atoms with van der Waals surface area (Å²) in [5.74, 6) is 0. The van der Waals surface area contributed by atoms with E-state index in [0.29, 0.717) is 10.0 Å². The summed E-state index contributed by atoms with van der Waals surface area (Å²) in [7, 11) is 1.96. The van der Waals surface area contributed by atoms with Crippen LogP contribution in [0.3, 0.4) is 0 Å². The molecule has 0 amide bonds. The van der Waals surface area contributed by atoms with E-state index >= 15 is 0 Å². The van der Waals surface area contributed by atoms with Crippen molar-refractivity contribution in [1.29, 1.82) is 0 Å². The predicted molar refractivity (Wildman–Crippen MR) is 98.5 cm³/mol. The third-order valence-electron chi connectivity index (χ3n) is 3.43. The van der Waals surface area contributed by atoms with Gasteiger partial charge in [0.05, 0.1) is 10.0 Å². The van der Waals surface area contributed by atoms with Gasteiger partial charge in [0.15, 0.2) is 0 Å². The molecule has 1 N–H and O–H groups in total. The Bertz CT molecular complexity index is 659. The van der Waals surface area contributed by atoms with Crippen molar-refractivity contribution in [3.63, 3.8) is 0 Å². The highest BCUT2D eigenvalue weighted by Crippen LogP contribution is 2.32. The summed E-state index contributed by atoms with van der Waals surface area (Å²) in [5.41, 5.74) is 3.56. The van der Waals surface area contributed by atoms with E-state index in [2.05, 4.69) is 56.2 Å². The Kier molecular flexibility index (Phi) is 6.15. The van der Waals surface area contributed by atoms with Crippen LogP contribution in [0.2, 0.25) is 10.0 Å². The predicted octanol–water partition coefficient (Wildman–Crippen LogP) is 6.33. The zero-order chi connectivity index (χ0) is 15.6. The van der Waals surface area contributed by atoms with Gasteiger partial charge in [-0.1, -0.05) is 61.1 Å². The molecule has 0 fully saturated rings. The number of nitrogens with one attached hydrogen (secondary N) is 1. The Balaban J connectivity index is 2.31. The summed E-state index contributed by atoms with van der Waals surface area (Å²) >= 11 is 19.3. The van der Waals surface area contributed by atoms with Crippen LogP contribution in [0.25, 0.3) is 0 Å².